The van der Waals surface area contributed by atoms with Crippen LogP contribution in [-0.4, -0.2) is 75.4 Å². The van der Waals surface area contributed by atoms with Gasteiger partial charge in [0.1, 0.15) is 0 Å². The molecule has 3 fully saturated rings. The molecule has 0 spiro atoms. The summed E-state index contributed by atoms with van der Waals surface area (Å²) in [5.41, 5.74) is 0. The average molecular weight is 551 g/mol. The van der Waals surface area contributed by atoms with Crippen LogP contribution in [0.15, 0.2) is 4.99 Å². The first kappa shape index (κ1) is 26.6. The molecule has 2 aliphatic heterocycles. The van der Waals surface area contributed by atoms with E-state index in [0.29, 0.717) is 37.6 Å². The molecule has 1 amide bonds. The fourth-order valence-corrected chi connectivity index (χ4v) is 4.85. The van der Waals surface area contributed by atoms with Crippen molar-refractivity contribution in [2.45, 2.75) is 82.8 Å². The fraction of sp³-hybridized carbons (Fsp3) is 0.913. The Morgan fingerprint density at radius 2 is 1.71 bits per heavy atom. The van der Waals surface area contributed by atoms with Crippen molar-refractivity contribution in [3.8, 4) is 0 Å². The van der Waals surface area contributed by atoms with Crippen LogP contribution in [0.1, 0.15) is 70.6 Å². The zero-order valence-corrected chi connectivity index (χ0v) is 21.6. The monoisotopic (exact) mass is 550 g/mol. The quantitative estimate of drug-likeness (QED) is 0.210. The lowest BCUT2D eigenvalue weighted by atomic mass is 9.87. The summed E-state index contributed by atoms with van der Waals surface area (Å²) in [4.78, 5) is 18.9. The number of aliphatic imine (C=N–C) groups is 1. The van der Waals surface area contributed by atoms with Gasteiger partial charge in [0, 0.05) is 46.3 Å². The lowest BCUT2D eigenvalue weighted by molar-refractivity contribution is -0.122. The summed E-state index contributed by atoms with van der Waals surface area (Å²) in [5, 5.41) is 6.46. The summed E-state index contributed by atoms with van der Waals surface area (Å²) in [6, 6.07) is 0. The van der Waals surface area contributed by atoms with Crippen molar-refractivity contribution < 1.29 is 14.3 Å². The lowest BCUT2D eigenvalue weighted by Gasteiger charge is -2.35. The van der Waals surface area contributed by atoms with Gasteiger partial charge in [-0.15, -0.1) is 24.0 Å². The predicted molar refractivity (Wildman–Crippen MR) is 135 cm³/mol. The van der Waals surface area contributed by atoms with Gasteiger partial charge in [-0.05, 0) is 50.9 Å². The SMILES string of the molecule is CN=C(NCCNC(=O)CC1CCCCC1)N1CCC(OCC2CCCCO2)CC1.I. The normalized spacial score (nSPS) is 23.8. The van der Waals surface area contributed by atoms with E-state index in [1.807, 2.05) is 7.05 Å². The van der Waals surface area contributed by atoms with Gasteiger partial charge in [-0.25, -0.2) is 0 Å². The van der Waals surface area contributed by atoms with Crippen LogP contribution in [0.2, 0.25) is 0 Å². The van der Waals surface area contributed by atoms with E-state index in [-0.39, 0.29) is 29.9 Å². The molecule has 0 aromatic rings. The molecule has 2 N–H and O–H groups in total. The van der Waals surface area contributed by atoms with Crippen LogP contribution < -0.4 is 10.6 Å². The van der Waals surface area contributed by atoms with E-state index in [1.54, 1.807) is 0 Å². The Morgan fingerprint density at radius 3 is 2.39 bits per heavy atom. The first-order chi connectivity index (χ1) is 14.7. The number of likely N-dealkylation sites (tertiary alicyclic amines) is 1. The second-order valence-corrected chi connectivity index (χ2v) is 9.04. The molecular weight excluding hydrogens is 507 g/mol. The number of amides is 1. The number of hydrogen-bond acceptors (Lipinski definition) is 4. The first-order valence-electron chi connectivity index (χ1n) is 12.2. The van der Waals surface area contributed by atoms with E-state index in [2.05, 4.69) is 20.5 Å². The van der Waals surface area contributed by atoms with E-state index in [9.17, 15) is 4.79 Å². The van der Waals surface area contributed by atoms with Gasteiger partial charge in [0.15, 0.2) is 5.96 Å². The molecule has 1 atom stereocenters. The Balaban J connectivity index is 0.00000341. The topological polar surface area (TPSA) is 75.2 Å². The molecule has 8 heteroatoms. The van der Waals surface area contributed by atoms with Crippen molar-refractivity contribution in [1.29, 1.82) is 0 Å². The molecule has 2 saturated heterocycles. The number of ether oxygens (including phenoxy) is 2. The standard InChI is InChI=1S/C23H42N4O3.HI/c1-24-23(26-13-12-25-22(28)17-19-7-3-2-4-8-19)27-14-10-20(11-15-27)30-18-21-9-5-6-16-29-21;/h19-21H,2-18H2,1H3,(H,24,26)(H,25,28);1H. The molecule has 0 bridgehead atoms. The molecule has 31 heavy (non-hydrogen) atoms. The molecule has 0 radical (unpaired) electrons. The van der Waals surface area contributed by atoms with Crippen molar-refractivity contribution in [2.75, 3.05) is 46.4 Å². The third-order valence-electron chi connectivity index (χ3n) is 6.67. The number of carbonyl (C=O) groups is 1. The maximum atomic E-state index is 12.1. The van der Waals surface area contributed by atoms with Crippen LogP contribution in [-0.2, 0) is 14.3 Å². The highest BCUT2D eigenvalue weighted by Crippen LogP contribution is 2.26. The van der Waals surface area contributed by atoms with Crippen LogP contribution in [0, 0.1) is 5.92 Å². The zero-order valence-electron chi connectivity index (χ0n) is 19.3. The number of rotatable bonds is 8. The zero-order chi connectivity index (χ0) is 21.0. The largest absolute Gasteiger partial charge is 0.376 e. The highest BCUT2D eigenvalue weighted by atomic mass is 127. The molecule has 0 aromatic heterocycles. The molecule has 1 unspecified atom stereocenters. The van der Waals surface area contributed by atoms with Gasteiger partial charge in [-0.3, -0.25) is 9.79 Å². The summed E-state index contributed by atoms with van der Waals surface area (Å²) in [7, 11) is 1.83. The van der Waals surface area contributed by atoms with Crippen molar-refractivity contribution in [3.05, 3.63) is 0 Å². The van der Waals surface area contributed by atoms with E-state index in [1.165, 1.54) is 44.9 Å². The lowest BCUT2D eigenvalue weighted by Crippen LogP contribution is -2.48. The number of nitrogens with one attached hydrogen (secondary N) is 2. The van der Waals surface area contributed by atoms with Gasteiger partial charge < -0.3 is 25.0 Å². The second kappa shape index (κ2) is 15.3. The maximum absolute atomic E-state index is 12.1. The highest BCUT2D eigenvalue weighted by Gasteiger charge is 2.24. The molecule has 7 nitrogen and oxygen atoms in total. The Hall–Kier alpha value is -0.610. The predicted octanol–water partition coefficient (Wildman–Crippen LogP) is 3.32. The fourth-order valence-electron chi connectivity index (χ4n) is 4.85. The highest BCUT2D eigenvalue weighted by molar-refractivity contribution is 14.0. The average Bonchev–Trinajstić information content (AvgIpc) is 2.80. The summed E-state index contributed by atoms with van der Waals surface area (Å²) < 4.78 is 11.9. The number of carbonyl (C=O) groups excluding carboxylic acids is 1. The molecular formula is C23H43IN4O3. The molecule has 3 aliphatic rings. The number of guanidine groups is 1. The van der Waals surface area contributed by atoms with Gasteiger partial charge in [0.2, 0.25) is 5.91 Å². The van der Waals surface area contributed by atoms with Crippen molar-refractivity contribution in [1.82, 2.24) is 15.5 Å². The minimum atomic E-state index is 0. The number of halogens is 1. The van der Waals surface area contributed by atoms with Crippen LogP contribution >= 0.6 is 24.0 Å². The van der Waals surface area contributed by atoms with Crippen LogP contribution in [0.4, 0.5) is 0 Å². The number of hydrogen-bond donors (Lipinski definition) is 2. The number of nitrogens with zero attached hydrogens (tertiary/aromatic N) is 2. The van der Waals surface area contributed by atoms with Gasteiger partial charge >= 0.3 is 0 Å². The van der Waals surface area contributed by atoms with E-state index in [0.717, 1.165) is 51.5 Å². The Labute approximate surface area is 205 Å². The van der Waals surface area contributed by atoms with Gasteiger partial charge in [-0.2, -0.15) is 0 Å². The summed E-state index contributed by atoms with van der Waals surface area (Å²) in [6.07, 6.45) is 13.2. The van der Waals surface area contributed by atoms with Gasteiger partial charge in [0.25, 0.3) is 0 Å². The Morgan fingerprint density at radius 1 is 1.00 bits per heavy atom. The van der Waals surface area contributed by atoms with Crippen LogP contribution in [0.3, 0.4) is 0 Å². The van der Waals surface area contributed by atoms with E-state index >= 15 is 0 Å². The minimum absolute atomic E-state index is 0. The van der Waals surface area contributed by atoms with Gasteiger partial charge in [-0.1, -0.05) is 19.3 Å². The molecule has 1 aliphatic carbocycles. The molecule has 3 rings (SSSR count). The summed E-state index contributed by atoms with van der Waals surface area (Å²) in [6.45, 7) is 4.87. The third kappa shape index (κ3) is 9.82. The van der Waals surface area contributed by atoms with E-state index in [4.69, 9.17) is 9.47 Å². The maximum Gasteiger partial charge on any atom is 0.220 e. The van der Waals surface area contributed by atoms with Crippen molar-refractivity contribution in [2.24, 2.45) is 10.9 Å². The minimum Gasteiger partial charge on any atom is -0.376 e. The smallest absolute Gasteiger partial charge is 0.220 e. The molecule has 180 valence electrons. The van der Waals surface area contributed by atoms with Crippen molar-refractivity contribution >= 4 is 35.8 Å². The Bertz CT molecular complexity index is 529. The summed E-state index contributed by atoms with van der Waals surface area (Å²) >= 11 is 0. The second-order valence-electron chi connectivity index (χ2n) is 9.04. The van der Waals surface area contributed by atoms with Crippen LogP contribution in [0.25, 0.3) is 0 Å². The first-order valence-corrected chi connectivity index (χ1v) is 12.2. The van der Waals surface area contributed by atoms with Crippen molar-refractivity contribution in [3.63, 3.8) is 0 Å². The summed E-state index contributed by atoms with van der Waals surface area (Å²) in [5.74, 6) is 1.71. The molecule has 2 heterocycles. The van der Waals surface area contributed by atoms with Gasteiger partial charge in [0.05, 0.1) is 18.8 Å². The van der Waals surface area contributed by atoms with E-state index < -0.39 is 0 Å². The number of piperidine rings is 1. The third-order valence-corrected chi connectivity index (χ3v) is 6.67. The van der Waals surface area contributed by atoms with Crippen LogP contribution in [0.5, 0.6) is 0 Å². The molecule has 1 saturated carbocycles. The molecule has 0 aromatic carbocycles. The Kier molecular flexibility index (Phi) is 13.1.